The van der Waals surface area contributed by atoms with Gasteiger partial charge in [-0.25, -0.2) is 0 Å². The summed E-state index contributed by atoms with van der Waals surface area (Å²) in [6.45, 7) is 10.8. The Bertz CT molecular complexity index is 729. The summed E-state index contributed by atoms with van der Waals surface area (Å²) in [5.74, 6) is 1.42. The highest BCUT2D eigenvalue weighted by molar-refractivity contribution is 6.31. The van der Waals surface area contributed by atoms with Crippen LogP contribution in [-0.2, 0) is 6.54 Å². The average Bonchev–Trinajstić information content (AvgIpc) is 2.58. The Morgan fingerprint density at radius 2 is 1.84 bits per heavy atom. The molecule has 25 heavy (non-hydrogen) atoms. The van der Waals surface area contributed by atoms with Crippen LogP contribution >= 0.6 is 11.6 Å². The molecule has 1 saturated heterocycles. The number of hydrogen-bond donors (Lipinski definition) is 4. The molecule has 0 bridgehead atoms. The van der Waals surface area contributed by atoms with E-state index in [-0.39, 0.29) is 5.95 Å². The molecule has 7 nitrogen and oxygen atoms in total. The van der Waals surface area contributed by atoms with Gasteiger partial charge < -0.3 is 20.9 Å². The maximum Gasteiger partial charge on any atom is 0.232 e. The van der Waals surface area contributed by atoms with Crippen molar-refractivity contribution in [1.82, 2.24) is 15.0 Å². The average molecular weight is 364 g/mol. The van der Waals surface area contributed by atoms with Crippen LogP contribution in [0.2, 0.25) is 5.02 Å². The highest BCUT2D eigenvalue weighted by atomic mass is 35.5. The van der Waals surface area contributed by atoms with E-state index >= 15 is 0 Å². The predicted molar refractivity (Wildman–Crippen MR) is 99.3 cm³/mol. The lowest BCUT2D eigenvalue weighted by molar-refractivity contribution is -1.02. The minimum absolute atomic E-state index is 0.239. The maximum atomic E-state index is 6.17. The van der Waals surface area contributed by atoms with Crippen LogP contribution in [0, 0.1) is 6.92 Å². The largest absolute Gasteiger partial charge is 0.368 e. The number of likely N-dealkylation sites (N-methyl/N-ethyl adjacent to an activating group) is 1. The van der Waals surface area contributed by atoms with E-state index in [1.807, 2.05) is 25.1 Å². The van der Waals surface area contributed by atoms with E-state index in [1.165, 1.54) is 24.5 Å². The third-order valence-corrected chi connectivity index (χ3v) is 5.11. The monoisotopic (exact) mass is 363 g/mol. The second-order valence-electron chi connectivity index (χ2n) is 6.55. The van der Waals surface area contributed by atoms with Gasteiger partial charge in [-0.05, 0) is 31.5 Å². The smallest absolute Gasteiger partial charge is 0.232 e. The lowest BCUT2D eigenvalue weighted by Gasteiger charge is -2.28. The predicted octanol–water partition coefficient (Wildman–Crippen LogP) is -0.537. The zero-order valence-corrected chi connectivity index (χ0v) is 15.5. The number of aromatic nitrogens is 3. The van der Waals surface area contributed by atoms with Crippen LogP contribution in [0.5, 0.6) is 0 Å². The van der Waals surface area contributed by atoms with E-state index in [1.54, 1.807) is 4.90 Å². The fraction of sp³-hybridized carbons (Fsp3) is 0.471. The van der Waals surface area contributed by atoms with Gasteiger partial charge in [0, 0.05) is 10.7 Å². The summed E-state index contributed by atoms with van der Waals surface area (Å²) in [5, 5.41) is 3.87. The van der Waals surface area contributed by atoms with Gasteiger partial charge in [-0.15, -0.1) is 0 Å². The van der Waals surface area contributed by atoms with Gasteiger partial charge >= 0.3 is 0 Å². The normalized spacial score (nSPS) is 20.4. The Morgan fingerprint density at radius 1 is 1.12 bits per heavy atom. The zero-order chi connectivity index (χ0) is 17.8. The first kappa shape index (κ1) is 17.8. The Kier molecular flexibility index (Phi) is 5.67. The molecule has 0 radical (unpaired) electrons. The number of nitrogen functional groups attached to an aromatic ring is 1. The topological polar surface area (TPSA) is 85.6 Å². The first-order valence-corrected chi connectivity index (χ1v) is 9.12. The molecule has 0 unspecified atom stereocenters. The van der Waals surface area contributed by atoms with E-state index in [2.05, 4.69) is 27.2 Å². The van der Waals surface area contributed by atoms with Gasteiger partial charge in [0.1, 0.15) is 32.7 Å². The summed E-state index contributed by atoms with van der Waals surface area (Å²) in [4.78, 5) is 16.2. The maximum absolute atomic E-state index is 6.17. The van der Waals surface area contributed by atoms with Gasteiger partial charge in [-0.1, -0.05) is 17.7 Å². The minimum Gasteiger partial charge on any atom is -0.368 e. The van der Waals surface area contributed by atoms with E-state index in [9.17, 15) is 0 Å². The number of rotatable bonds is 5. The molecule has 0 aliphatic carbocycles. The standard InChI is InChI=1S/C17H24ClN7/c1-3-24-6-8-25(9-7-24)11-15-21-16(19)23-17(22-15)20-13-5-4-12(2)14(18)10-13/h4-5,10H,3,6-9,11H2,1-2H3,(H3,19,20,21,22,23)/p+2. The second kappa shape index (κ2) is 7.95. The van der Waals surface area contributed by atoms with Crippen molar-refractivity contribution in [2.75, 3.05) is 43.8 Å². The fourth-order valence-corrected chi connectivity index (χ4v) is 3.26. The fourth-order valence-electron chi connectivity index (χ4n) is 3.08. The number of benzene rings is 1. The molecule has 0 spiro atoms. The molecule has 2 aromatic rings. The number of nitrogens with two attached hydrogens (primary N) is 1. The van der Waals surface area contributed by atoms with Crippen molar-refractivity contribution in [1.29, 1.82) is 0 Å². The first-order valence-electron chi connectivity index (χ1n) is 8.74. The summed E-state index contributed by atoms with van der Waals surface area (Å²) >= 11 is 6.17. The number of nitrogens with one attached hydrogen (secondary N) is 3. The molecule has 0 saturated carbocycles. The van der Waals surface area contributed by atoms with E-state index in [0.717, 1.165) is 36.7 Å². The molecule has 134 valence electrons. The lowest BCUT2D eigenvalue weighted by Crippen LogP contribution is -3.27. The Hall–Kier alpha value is -1.96. The summed E-state index contributed by atoms with van der Waals surface area (Å²) < 4.78 is 0. The van der Waals surface area contributed by atoms with Gasteiger partial charge in [0.25, 0.3) is 0 Å². The number of nitrogens with zero attached hydrogens (tertiary/aromatic N) is 3. The van der Waals surface area contributed by atoms with Crippen molar-refractivity contribution in [3.63, 3.8) is 0 Å². The molecule has 2 heterocycles. The number of halogens is 1. The molecular formula is C17H26ClN7+2. The van der Waals surface area contributed by atoms with Gasteiger partial charge in [0.05, 0.1) is 6.54 Å². The Labute approximate surface area is 153 Å². The van der Waals surface area contributed by atoms with Crippen molar-refractivity contribution in [3.05, 3.63) is 34.6 Å². The molecule has 1 fully saturated rings. The van der Waals surface area contributed by atoms with Crippen LogP contribution < -0.4 is 20.9 Å². The Balaban J connectivity index is 1.69. The lowest BCUT2D eigenvalue weighted by atomic mass is 10.2. The highest BCUT2D eigenvalue weighted by Crippen LogP contribution is 2.21. The quantitative estimate of drug-likeness (QED) is 0.573. The molecule has 8 heteroatoms. The third-order valence-electron chi connectivity index (χ3n) is 4.70. The Morgan fingerprint density at radius 3 is 2.52 bits per heavy atom. The van der Waals surface area contributed by atoms with Crippen molar-refractivity contribution >= 4 is 29.2 Å². The molecule has 3 rings (SSSR count). The second-order valence-corrected chi connectivity index (χ2v) is 6.96. The van der Waals surface area contributed by atoms with Crippen molar-refractivity contribution in [2.24, 2.45) is 0 Å². The van der Waals surface area contributed by atoms with Gasteiger partial charge in [-0.3, -0.25) is 0 Å². The van der Waals surface area contributed by atoms with E-state index in [4.69, 9.17) is 17.3 Å². The molecule has 1 aromatic heterocycles. The number of aryl methyl sites for hydroxylation is 1. The minimum atomic E-state index is 0.239. The van der Waals surface area contributed by atoms with Gasteiger partial charge in [0.2, 0.25) is 11.9 Å². The van der Waals surface area contributed by atoms with Gasteiger partial charge in [-0.2, -0.15) is 15.0 Å². The van der Waals surface area contributed by atoms with E-state index in [0.29, 0.717) is 11.0 Å². The van der Waals surface area contributed by atoms with Crippen molar-refractivity contribution in [2.45, 2.75) is 20.4 Å². The van der Waals surface area contributed by atoms with Crippen LogP contribution in [0.15, 0.2) is 18.2 Å². The molecule has 0 atom stereocenters. The molecule has 5 N–H and O–H groups in total. The van der Waals surface area contributed by atoms with Crippen LogP contribution in [-0.4, -0.2) is 47.7 Å². The molecule has 1 aliphatic heterocycles. The highest BCUT2D eigenvalue weighted by Gasteiger charge is 2.23. The summed E-state index contributed by atoms with van der Waals surface area (Å²) in [6.07, 6.45) is 0. The first-order chi connectivity index (χ1) is 12.0. The molecular weight excluding hydrogens is 338 g/mol. The number of piperazine rings is 1. The van der Waals surface area contributed by atoms with Crippen LogP contribution in [0.1, 0.15) is 18.3 Å². The van der Waals surface area contributed by atoms with E-state index < -0.39 is 0 Å². The molecule has 0 amide bonds. The van der Waals surface area contributed by atoms with Gasteiger partial charge in [0.15, 0.2) is 5.82 Å². The van der Waals surface area contributed by atoms with Crippen LogP contribution in [0.25, 0.3) is 0 Å². The molecule has 1 aromatic carbocycles. The van der Waals surface area contributed by atoms with Crippen LogP contribution in [0.4, 0.5) is 17.6 Å². The SMILES string of the molecule is CC[NH+]1CC[NH+](Cc2nc(N)nc(Nc3ccc(C)c(Cl)c3)n2)CC1. The zero-order valence-electron chi connectivity index (χ0n) is 14.8. The number of hydrogen-bond acceptors (Lipinski definition) is 5. The third kappa shape index (κ3) is 4.78. The summed E-state index contributed by atoms with van der Waals surface area (Å²) in [6, 6.07) is 5.75. The van der Waals surface area contributed by atoms with Crippen molar-refractivity contribution < 1.29 is 9.80 Å². The van der Waals surface area contributed by atoms with Crippen molar-refractivity contribution in [3.8, 4) is 0 Å². The molecule has 1 aliphatic rings. The van der Waals surface area contributed by atoms with Crippen LogP contribution in [0.3, 0.4) is 0 Å². The number of quaternary nitrogens is 2. The summed E-state index contributed by atoms with van der Waals surface area (Å²) in [7, 11) is 0. The number of anilines is 3. The summed E-state index contributed by atoms with van der Waals surface area (Å²) in [5.41, 5.74) is 7.73.